The van der Waals surface area contributed by atoms with Crippen LogP contribution in [0.3, 0.4) is 0 Å². The number of carbonyl (C=O) groups is 2. The molecule has 3 N–H and O–H groups in total. The van der Waals surface area contributed by atoms with Crippen molar-refractivity contribution in [1.29, 1.82) is 0 Å². The lowest BCUT2D eigenvalue weighted by atomic mass is 10.0. The Labute approximate surface area is 124 Å². The van der Waals surface area contributed by atoms with Crippen LogP contribution in [0, 0.1) is 0 Å². The molecule has 112 valence electrons. The fourth-order valence-corrected chi connectivity index (χ4v) is 2.51. The number of rotatable bonds is 6. The van der Waals surface area contributed by atoms with Crippen molar-refractivity contribution in [3.05, 3.63) is 41.0 Å². The van der Waals surface area contributed by atoms with Gasteiger partial charge in [-0.3, -0.25) is 9.69 Å². The summed E-state index contributed by atoms with van der Waals surface area (Å²) in [5.41, 5.74) is 8.33. The number of benzene rings is 1. The highest BCUT2D eigenvalue weighted by Crippen LogP contribution is 2.27. The van der Waals surface area contributed by atoms with Gasteiger partial charge < -0.3 is 10.8 Å². The van der Waals surface area contributed by atoms with Gasteiger partial charge in [0, 0.05) is 13.0 Å². The van der Waals surface area contributed by atoms with Crippen LogP contribution in [0.2, 0.25) is 0 Å². The maximum Gasteiger partial charge on any atom is 0.407 e. The van der Waals surface area contributed by atoms with Gasteiger partial charge in [-0.2, -0.15) is 0 Å². The van der Waals surface area contributed by atoms with Gasteiger partial charge in [-0.25, -0.2) is 4.79 Å². The molecule has 2 rings (SSSR count). The Morgan fingerprint density at radius 1 is 1.29 bits per heavy atom. The molecule has 21 heavy (non-hydrogen) atoms. The van der Waals surface area contributed by atoms with E-state index >= 15 is 0 Å². The Bertz CT molecular complexity index is 567. The topological polar surface area (TPSA) is 83.6 Å². The van der Waals surface area contributed by atoms with Gasteiger partial charge in [0.2, 0.25) is 5.91 Å². The number of carbonyl (C=O) groups excluding carboxylic acids is 1. The van der Waals surface area contributed by atoms with Crippen LogP contribution in [0.5, 0.6) is 0 Å². The van der Waals surface area contributed by atoms with Gasteiger partial charge in [0.15, 0.2) is 0 Å². The van der Waals surface area contributed by atoms with Gasteiger partial charge >= 0.3 is 6.09 Å². The summed E-state index contributed by atoms with van der Waals surface area (Å²) in [6, 6.07) is 5.93. The standard InChI is InChI=1S/C16H20N2O3/c17-15(19)9-4-2-1-3-6-12-7-5-8-13-10-18(16(20)21)11-14(12)13/h3,5-8H,1-2,4,9-11H2,(H2,17,19)(H,20,21)/b6-3+. The Hall–Kier alpha value is -2.30. The summed E-state index contributed by atoms with van der Waals surface area (Å²) in [6.45, 7) is 0.914. The second kappa shape index (κ2) is 6.92. The van der Waals surface area contributed by atoms with E-state index in [9.17, 15) is 9.59 Å². The molecule has 1 aromatic rings. The molecule has 1 aliphatic rings. The molecular weight excluding hydrogens is 268 g/mol. The average molecular weight is 288 g/mol. The van der Waals surface area contributed by atoms with Gasteiger partial charge in [0.1, 0.15) is 0 Å². The van der Waals surface area contributed by atoms with E-state index in [1.54, 1.807) is 0 Å². The monoisotopic (exact) mass is 288 g/mol. The summed E-state index contributed by atoms with van der Waals surface area (Å²) in [7, 11) is 0. The molecule has 0 spiro atoms. The molecule has 0 saturated heterocycles. The second-order valence-corrected chi connectivity index (χ2v) is 5.24. The average Bonchev–Trinajstić information content (AvgIpc) is 2.87. The molecule has 0 aromatic heterocycles. The molecule has 0 bridgehead atoms. The van der Waals surface area contributed by atoms with Crippen LogP contribution < -0.4 is 5.73 Å². The van der Waals surface area contributed by atoms with Crippen molar-refractivity contribution in [3.8, 4) is 0 Å². The van der Waals surface area contributed by atoms with E-state index in [0.29, 0.717) is 19.5 Å². The Balaban J connectivity index is 1.92. The molecule has 1 aliphatic heterocycles. The van der Waals surface area contributed by atoms with Crippen molar-refractivity contribution in [2.24, 2.45) is 5.73 Å². The number of amides is 2. The highest BCUT2D eigenvalue weighted by atomic mass is 16.4. The minimum absolute atomic E-state index is 0.256. The highest BCUT2D eigenvalue weighted by molar-refractivity contribution is 5.73. The lowest BCUT2D eigenvalue weighted by Crippen LogP contribution is -2.22. The molecule has 1 heterocycles. The smallest absolute Gasteiger partial charge is 0.407 e. The van der Waals surface area contributed by atoms with E-state index in [2.05, 4.69) is 6.08 Å². The number of primary amides is 1. The molecule has 0 saturated carbocycles. The van der Waals surface area contributed by atoms with Gasteiger partial charge in [-0.05, 0) is 36.0 Å². The molecule has 2 amide bonds. The number of unbranched alkanes of at least 4 members (excludes halogenated alkanes) is 2. The lowest BCUT2D eigenvalue weighted by molar-refractivity contribution is -0.118. The fraction of sp³-hybridized carbons (Fsp3) is 0.375. The quantitative estimate of drug-likeness (QED) is 0.789. The third-order valence-corrected chi connectivity index (χ3v) is 3.63. The zero-order chi connectivity index (χ0) is 15.2. The summed E-state index contributed by atoms with van der Waals surface area (Å²) in [4.78, 5) is 23.1. The first-order valence-corrected chi connectivity index (χ1v) is 7.11. The highest BCUT2D eigenvalue weighted by Gasteiger charge is 2.23. The van der Waals surface area contributed by atoms with Crippen molar-refractivity contribution in [1.82, 2.24) is 4.90 Å². The third-order valence-electron chi connectivity index (χ3n) is 3.63. The van der Waals surface area contributed by atoms with Crippen molar-refractivity contribution < 1.29 is 14.7 Å². The first kappa shape index (κ1) is 15.1. The number of carboxylic acid groups (broad SMARTS) is 1. The second-order valence-electron chi connectivity index (χ2n) is 5.24. The summed E-state index contributed by atoms with van der Waals surface area (Å²) < 4.78 is 0. The van der Waals surface area contributed by atoms with E-state index in [4.69, 9.17) is 10.8 Å². The van der Waals surface area contributed by atoms with E-state index in [0.717, 1.165) is 36.0 Å². The van der Waals surface area contributed by atoms with Crippen LogP contribution in [-0.2, 0) is 17.9 Å². The maximum absolute atomic E-state index is 11.0. The SMILES string of the molecule is NC(=O)CCCC/C=C/c1cccc2c1CN(C(=O)O)C2. The summed E-state index contributed by atoms with van der Waals surface area (Å²) in [6.07, 6.45) is 6.28. The molecule has 5 nitrogen and oxygen atoms in total. The van der Waals surface area contributed by atoms with E-state index in [-0.39, 0.29) is 5.91 Å². The van der Waals surface area contributed by atoms with Crippen molar-refractivity contribution in [3.63, 3.8) is 0 Å². The molecule has 0 aliphatic carbocycles. The van der Waals surface area contributed by atoms with Crippen LogP contribution in [0.25, 0.3) is 6.08 Å². The normalized spacial score (nSPS) is 13.6. The largest absolute Gasteiger partial charge is 0.465 e. The summed E-state index contributed by atoms with van der Waals surface area (Å²) in [5, 5.41) is 9.06. The molecule has 0 unspecified atom stereocenters. The van der Waals surface area contributed by atoms with Crippen LogP contribution in [0.4, 0.5) is 4.79 Å². The molecular formula is C16H20N2O3. The zero-order valence-corrected chi connectivity index (χ0v) is 11.9. The first-order chi connectivity index (χ1) is 10.1. The van der Waals surface area contributed by atoms with Crippen LogP contribution in [0.15, 0.2) is 24.3 Å². The maximum atomic E-state index is 11.0. The Kier molecular flexibility index (Phi) is 4.98. The minimum atomic E-state index is -0.882. The molecule has 1 aromatic carbocycles. The van der Waals surface area contributed by atoms with Crippen molar-refractivity contribution in [2.75, 3.05) is 0 Å². The van der Waals surface area contributed by atoms with Crippen LogP contribution >= 0.6 is 0 Å². The number of hydrogen-bond donors (Lipinski definition) is 2. The van der Waals surface area contributed by atoms with Gasteiger partial charge in [0.25, 0.3) is 0 Å². The van der Waals surface area contributed by atoms with E-state index in [1.165, 1.54) is 4.90 Å². The minimum Gasteiger partial charge on any atom is -0.465 e. The number of nitrogens with two attached hydrogens (primary N) is 1. The summed E-state index contributed by atoms with van der Waals surface area (Å²) >= 11 is 0. The van der Waals surface area contributed by atoms with Crippen molar-refractivity contribution in [2.45, 2.75) is 38.8 Å². The van der Waals surface area contributed by atoms with Gasteiger partial charge in [0.05, 0.1) is 6.54 Å². The third kappa shape index (κ3) is 4.08. The fourth-order valence-electron chi connectivity index (χ4n) is 2.51. The number of nitrogens with zero attached hydrogens (tertiary/aromatic N) is 1. The van der Waals surface area contributed by atoms with Crippen molar-refractivity contribution >= 4 is 18.1 Å². The van der Waals surface area contributed by atoms with Gasteiger partial charge in [-0.1, -0.05) is 30.4 Å². The Morgan fingerprint density at radius 2 is 2.10 bits per heavy atom. The molecule has 0 atom stereocenters. The molecule has 5 heteroatoms. The molecule has 0 radical (unpaired) electrons. The predicted molar refractivity (Wildman–Crippen MR) is 80.4 cm³/mol. The molecule has 0 fully saturated rings. The lowest BCUT2D eigenvalue weighted by Gasteiger charge is -2.09. The van der Waals surface area contributed by atoms with Crippen LogP contribution in [-0.4, -0.2) is 22.0 Å². The van der Waals surface area contributed by atoms with Gasteiger partial charge in [-0.15, -0.1) is 0 Å². The zero-order valence-electron chi connectivity index (χ0n) is 11.9. The number of allylic oxidation sites excluding steroid dienone is 1. The predicted octanol–water partition coefficient (Wildman–Crippen LogP) is 2.74. The van der Waals surface area contributed by atoms with E-state index < -0.39 is 6.09 Å². The Morgan fingerprint density at radius 3 is 2.81 bits per heavy atom. The number of fused-ring (bicyclic) bond motifs is 1. The first-order valence-electron chi connectivity index (χ1n) is 7.11. The van der Waals surface area contributed by atoms with E-state index in [1.807, 2.05) is 24.3 Å². The van der Waals surface area contributed by atoms with Crippen LogP contribution in [0.1, 0.15) is 42.4 Å². The number of hydrogen-bond acceptors (Lipinski definition) is 2. The summed E-state index contributed by atoms with van der Waals surface area (Å²) in [5.74, 6) is -0.256.